The summed E-state index contributed by atoms with van der Waals surface area (Å²) in [6, 6.07) is 0. The molecule has 0 fully saturated rings. The second kappa shape index (κ2) is 4.97. The molecular weight excluding hydrogens is 220 g/mol. The molecular formula is C12H18N2OS. The summed E-state index contributed by atoms with van der Waals surface area (Å²) in [5, 5.41) is 11.4. The fourth-order valence-corrected chi connectivity index (χ4v) is 2.78. The molecule has 2 aromatic heterocycles. The molecule has 0 aliphatic heterocycles. The van der Waals surface area contributed by atoms with Crippen LogP contribution in [-0.2, 0) is 6.42 Å². The number of imidazole rings is 1. The molecule has 16 heavy (non-hydrogen) atoms. The standard InChI is InChI=1S/C12H18N2OS/c1-9(2)5-10(8-15)6-11-7-14-3-4-16-12(14)13-11/h3-4,7,9-10,15H,5-6,8H2,1-2H3. The molecule has 2 aromatic rings. The lowest BCUT2D eigenvalue weighted by atomic mass is 9.94. The second-order valence-electron chi connectivity index (χ2n) is 4.71. The maximum Gasteiger partial charge on any atom is 0.193 e. The molecule has 0 spiro atoms. The molecule has 1 atom stereocenters. The number of aromatic nitrogens is 2. The number of hydrogen-bond donors (Lipinski definition) is 1. The van der Waals surface area contributed by atoms with Crippen LogP contribution in [0.1, 0.15) is 26.0 Å². The quantitative estimate of drug-likeness (QED) is 0.869. The molecule has 2 rings (SSSR count). The Balaban J connectivity index is 2.05. The lowest BCUT2D eigenvalue weighted by molar-refractivity contribution is 0.204. The van der Waals surface area contributed by atoms with Crippen LogP contribution in [0.15, 0.2) is 17.8 Å². The number of fused-ring (bicyclic) bond motifs is 1. The van der Waals surface area contributed by atoms with Crippen LogP contribution >= 0.6 is 11.3 Å². The highest BCUT2D eigenvalue weighted by molar-refractivity contribution is 7.15. The van der Waals surface area contributed by atoms with E-state index in [1.807, 2.05) is 16.0 Å². The Bertz CT molecular complexity index is 418. The Labute approximate surface area is 99.8 Å². The fraction of sp³-hybridized carbons (Fsp3) is 0.583. The van der Waals surface area contributed by atoms with Crippen molar-refractivity contribution in [3.05, 3.63) is 23.5 Å². The van der Waals surface area contributed by atoms with E-state index in [0.29, 0.717) is 11.8 Å². The summed E-state index contributed by atoms with van der Waals surface area (Å²) in [5.41, 5.74) is 1.09. The number of hydrogen-bond acceptors (Lipinski definition) is 3. The Kier molecular flexibility index (Phi) is 3.61. The lowest BCUT2D eigenvalue weighted by Gasteiger charge is -2.14. The highest BCUT2D eigenvalue weighted by Gasteiger charge is 2.13. The Morgan fingerprint density at radius 3 is 2.94 bits per heavy atom. The van der Waals surface area contributed by atoms with Crippen LogP contribution in [0.5, 0.6) is 0 Å². The van der Waals surface area contributed by atoms with Gasteiger partial charge in [0, 0.05) is 24.4 Å². The first-order chi connectivity index (χ1) is 7.69. The first-order valence-corrected chi connectivity index (χ1v) is 6.59. The third kappa shape index (κ3) is 2.62. The Hall–Kier alpha value is -0.870. The number of aliphatic hydroxyl groups excluding tert-OH is 1. The third-order valence-corrected chi connectivity index (χ3v) is 3.47. The van der Waals surface area contributed by atoms with Crippen LogP contribution in [-0.4, -0.2) is 21.1 Å². The van der Waals surface area contributed by atoms with E-state index in [0.717, 1.165) is 23.5 Å². The third-order valence-electron chi connectivity index (χ3n) is 2.70. The molecule has 1 N–H and O–H groups in total. The molecule has 1 unspecified atom stereocenters. The molecule has 0 aromatic carbocycles. The molecule has 4 heteroatoms. The summed E-state index contributed by atoms with van der Waals surface area (Å²) in [4.78, 5) is 5.58. The van der Waals surface area contributed by atoms with Gasteiger partial charge < -0.3 is 5.11 Å². The van der Waals surface area contributed by atoms with Crippen LogP contribution in [0.4, 0.5) is 0 Å². The van der Waals surface area contributed by atoms with Crippen LogP contribution in [0, 0.1) is 11.8 Å². The molecule has 0 radical (unpaired) electrons. The van der Waals surface area contributed by atoms with Crippen molar-refractivity contribution < 1.29 is 5.11 Å². The SMILES string of the molecule is CC(C)CC(CO)Cc1cn2ccsc2n1. The van der Waals surface area contributed by atoms with Crippen molar-refractivity contribution in [3.63, 3.8) is 0 Å². The van der Waals surface area contributed by atoms with Crippen LogP contribution in [0.2, 0.25) is 0 Å². The van der Waals surface area contributed by atoms with E-state index >= 15 is 0 Å². The summed E-state index contributed by atoms with van der Waals surface area (Å²) < 4.78 is 2.05. The van der Waals surface area contributed by atoms with Crippen molar-refractivity contribution in [1.82, 2.24) is 9.38 Å². The summed E-state index contributed by atoms with van der Waals surface area (Å²) in [7, 11) is 0. The van der Waals surface area contributed by atoms with Gasteiger partial charge in [0.2, 0.25) is 0 Å². The predicted molar refractivity (Wildman–Crippen MR) is 66.8 cm³/mol. The molecule has 0 saturated carbocycles. The molecule has 3 nitrogen and oxygen atoms in total. The van der Waals surface area contributed by atoms with Gasteiger partial charge in [-0.15, -0.1) is 11.3 Å². The number of nitrogens with zero attached hydrogens (tertiary/aromatic N) is 2. The van der Waals surface area contributed by atoms with Crippen LogP contribution in [0.25, 0.3) is 4.96 Å². The zero-order chi connectivity index (χ0) is 11.5. The van der Waals surface area contributed by atoms with Crippen LogP contribution in [0.3, 0.4) is 0 Å². The van der Waals surface area contributed by atoms with Crippen molar-refractivity contribution in [2.24, 2.45) is 11.8 Å². The van der Waals surface area contributed by atoms with E-state index in [1.165, 1.54) is 0 Å². The van der Waals surface area contributed by atoms with E-state index in [-0.39, 0.29) is 6.61 Å². The van der Waals surface area contributed by atoms with Crippen molar-refractivity contribution in [3.8, 4) is 0 Å². The molecule has 0 amide bonds. The van der Waals surface area contributed by atoms with Gasteiger partial charge >= 0.3 is 0 Å². The van der Waals surface area contributed by atoms with E-state index in [2.05, 4.69) is 25.0 Å². The maximum absolute atomic E-state index is 9.33. The van der Waals surface area contributed by atoms with E-state index in [9.17, 15) is 5.11 Å². The highest BCUT2D eigenvalue weighted by Crippen LogP contribution is 2.18. The molecule has 0 aliphatic rings. The number of thiazole rings is 1. The summed E-state index contributed by atoms with van der Waals surface area (Å²) >= 11 is 1.65. The minimum atomic E-state index is 0.253. The van der Waals surface area contributed by atoms with Gasteiger partial charge in [-0.25, -0.2) is 4.98 Å². The van der Waals surface area contributed by atoms with Gasteiger partial charge in [-0.1, -0.05) is 13.8 Å². The average Bonchev–Trinajstić information content (AvgIpc) is 2.75. The molecule has 88 valence electrons. The second-order valence-corrected chi connectivity index (χ2v) is 5.58. The Morgan fingerprint density at radius 1 is 1.50 bits per heavy atom. The monoisotopic (exact) mass is 238 g/mol. The number of rotatable bonds is 5. The van der Waals surface area contributed by atoms with E-state index < -0.39 is 0 Å². The van der Waals surface area contributed by atoms with Gasteiger partial charge in [-0.05, 0) is 24.7 Å². The van der Waals surface area contributed by atoms with E-state index in [4.69, 9.17) is 0 Å². The molecule has 0 bridgehead atoms. The predicted octanol–water partition coefficient (Wildman–Crippen LogP) is 2.59. The first-order valence-electron chi connectivity index (χ1n) is 5.71. The van der Waals surface area contributed by atoms with Crippen molar-refractivity contribution in [1.29, 1.82) is 0 Å². The van der Waals surface area contributed by atoms with Gasteiger partial charge in [-0.3, -0.25) is 4.40 Å². The first kappa shape index (κ1) is 11.6. The number of aliphatic hydroxyl groups is 1. The minimum absolute atomic E-state index is 0.253. The fourth-order valence-electron chi connectivity index (χ4n) is 2.06. The van der Waals surface area contributed by atoms with Gasteiger partial charge in [-0.2, -0.15) is 0 Å². The molecule has 0 saturated heterocycles. The minimum Gasteiger partial charge on any atom is -0.396 e. The largest absolute Gasteiger partial charge is 0.396 e. The Morgan fingerprint density at radius 2 is 2.31 bits per heavy atom. The van der Waals surface area contributed by atoms with Gasteiger partial charge in [0.15, 0.2) is 4.96 Å². The van der Waals surface area contributed by atoms with Crippen LogP contribution < -0.4 is 0 Å². The normalized spacial score (nSPS) is 13.8. The average molecular weight is 238 g/mol. The lowest BCUT2D eigenvalue weighted by Crippen LogP contribution is -2.12. The van der Waals surface area contributed by atoms with Gasteiger partial charge in [0.1, 0.15) is 0 Å². The van der Waals surface area contributed by atoms with Gasteiger partial charge in [0.25, 0.3) is 0 Å². The maximum atomic E-state index is 9.33. The zero-order valence-corrected chi connectivity index (χ0v) is 10.6. The summed E-state index contributed by atoms with van der Waals surface area (Å²) in [6.45, 7) is 4.63. The van der Waals surface area contributed by atoms with Crippen molar-refractivity contribution >= 4 is 16.3 Å². The topological polar surface area (TPSA) is 37.5 Å². The molecule has 2 heterocycles. The van der Waals surface area contributed by atoms with Gasteiger partial charge in [0.05, 0.1) is 5.69 Å². The summed E-state index contributed by atoms with van der Waals surface area (Å²) in [6.07, 6.45) is 6.02. The zero-order valence-electron chi connectivity index (χ0n) is 9.76. The highest BCUT2D eigenvalue weighted by atomic mass is 32.1. The summed E-state index contributed by atoms with van der Waals surface area (Å²) in [5.74, 6) is 0.963. The van der Waals surface area contributed by atoms with Crippen molar-refractivity contribution in [2.75, 3.05) is 6.61 Å². The van der Waals surface area contributed by atoms with E-state index in [1.54, 1.807) is 11.3 Å². The van der Waals surface area contributed by atoms with Crippen molar-refractivity contribution in [2.45, 2.75) is 26.7 Å². The molecule has 0 aliphatic carbocycles. The smallest absolute Gasteiger partial charge is 0.193 e.